The smallest absolute Gasteiger partial charge is 0.378 e. The van der Waals surface area contributed by atoms with Gasteiger partial charge in [-0.25, -0.2) is 4.98 Å². The van der Waals surface area contributed by atoms with Gasteiger partial charge in [0.15, 0.2) is 5.82 Å². The summed E-state index contributed by atoms with van der Waals surface area (Å²) in [6.45, 7) is 0. The molecule has 0 bridgehead atoms. The van der Waals surface area contributed by atoms with Crippen LogP contribution >= 0.6 is 11.6 Å². The van der Waals surface area contributed by atoms with Crippen LogP contribution in [0.25, 0.3) is 5.82 Å². The molecule has 7 nitrogen and oxygen atoms in total. The normalized spacial score (nSPS) is 11.6. The zero-order valence-corrected chi connectivity index (χ0v) is 10.2. The van der Waals surface area contributed by atoms with E-state index in [-0.39, 0.29) is 16.7 Å². The maximum absolute atomic E-state index is 12.5. The van der Waals surface area contributed by atoms with Crippen LogP contribution in [0.5, 0.6) is 0 Å². The topological polar surface area (TPSA) is 99.9 Å². The van der Waals surface area contributed by atoms with E-state index in [2.05, 4.69) is 10.1 Å². The molecule has 0 aliphatic heterocycles. The summed E-state index contributed by atoms with van der Waals surface area (Å²) in [4.78, 5) is 13.3. The van der Waals surface area contributed by atoms with E-state index >= 15 is 0 Å². The van der Waals surface area contributed by atoms with Gasteiger partial charge in [0.05, 0.1) is 15.5 Å². The van der Waals surface area contributed by atoms with Gasteiger partial charge >= 0.3 is 11.9 Å². The first kappa shape index (κ1) is 14.1. The number of nitrogens with two attached hydrogens (primary N) is 1. The van der Waals surface area contributed by atoms with Gasteiger partial charge in [-0.2, -0.15) is 23.0 Å². The highest BCUT2D eigenvalue weighted by atomic mass is 35.5. The molecule has 11 heteroatoms. The van der Waals surface area contributed by atoms with E-state index in [4.69, 9.17) is 17.3 Å². The van der Waals surface area contributed by atoms with Crippen LogP contribution in [-0.4, -0.2) is 19.7 Å². The lowest BCUT2D eigenvalue weighted by Crippen LogP contribution is -2.09. The van der Waals surface area contributed by atoms with Crippen LogP contribution in [-0.2, 0) is 6.18 Å². The average molecular weight is 308 g/mol. The molecule has 0 spiro atoms. The summed E-state index contributed by atoms with van der Waals surface area (Å²) in [6.07, 6.45) is -3.21. The Hall–Kier alpha value is -2.36. The van der Waals surface area contributed by atoms with Crippen molar-refractivity contribution < 1.29 is 18.1 Å². The molecule has 2 aromatic heterocycles. The number of alkyl halides is 3. The number of aromatic nitrogens is 3. The second kappa shape index (κ2) is 4.63. The first-order valence-electron chi connectivity index (χ1n) is 4.93. The second-order valence-corrected chi connectivity index (χ2v) is 4.02. The first-order chi connectivity index (χ1) is 9.21. The minimum atomic E-state index is -4.60. The number of hydrogen-bond acceptors (Lipinski definition) is 5. The zero-order chi connectivity index (χ0) is 15.1. The van der Waals surface area contributed by atoms with E-state index in [0.717, 1.165) is 10.9 Å². The molecule has 0 saturated heterocycles. The summed E-state index contributed by atoms with van der Waals surface area (Å²) in [5.74, 6) is -0.616. The van der Waals surface area contributed by atoms with Crippen molar-refractivity contribution >= 4 is 23.1 Å². The monoisotopic (exact) mass is 307 g/mol. The Labute approximate surface area is 113 Å². The van der Waals surface area contributed by atoms with E-state index < -0.39 is 22.4 Å². The number of nitrogen functional groups attached to an aromatic ring is 1. The standard InChI is InChI=1S/C9H5ClF3N5O2/c10-5-1-4(9(11,12)13)2-15-8(5)17-7(14)6(3-16-17)18(19)20/h1-3H,14H2. The van der Waals surface area contributed by atoms with Crippen molar-refractivity contribution in [2.75, 3.05) is 5.73 Å². The van der Waals surface area contributed by atoms with E-state index in [0.29, 0.717) is 12.3 Å². The Kier molecular flexibility index (Phi) is 3.26. The van der Waals surface area contributed by atoms with Crippen molar-refractivity contribution in [2.24, 2.45) is 0 Å². The lowest BCUT2D eigenvalue weighted by Gasteiger charge is -2.09. The SMILES string of the molecule is Nc1c([N+](=O)[O-])cnn1-c1ncc(C(F)(F)F)cc1Cl. The molecule has 0 atom stereocenters. The van der Waals surface area contributed by atoms with Crippen molar-refractivity contribution in [1.82, 2.24) is 14.8 Å². The van der Waals surface area contributed by atoms with Gasteiger partial charge in [-0.05, 0) is 6.07 Å². The summed E-state index contributed by atoms with van der Waals surface area (Å²) in [5, 5.41) is 13.8. The molecule has 2 N–H and O–H groups in total. The Bertz CT molecular complexity index is 685. The molecule has 0 amide bonds. The Morgan fingerprint density at radius 1 is 1.40 bits per heavy atom. The van der Waals surface area contributed by atoms with Crippen molar-refractivity contribution in [2.45, 2.75) is 6.18 Å². The first-order valence-corrected chi connectivity index (χ1v) is 5.30. The molecular weight excluding hydrogens is 303 g/mol. The molecule has 0 aliphatic rings. The maximum Gasteiger partial charge on any atom is 0.417 e. The number of rotatable bonds is 2. The fourth-order valence-electron chi connectivity index (χ4n) is 1.40. The van der Waals surface area contributed by atoms with Gasteiger partial charge in [-0.1, -0.05) is 11.6 Å². The quantitative estimate of drug-likeness (QED) is 0.678. The average Bonchev–Trinajstić information content (AvgIpc) is 2.70. The molecule has 0 radical (unpaired) electrons. The van der Waals surface area contributed by atoms with Gasteiger partial charge in [0, 0.05) is 6.20 Å². The number of halogens is 4. The number of nitro groups is 1. The van der Waals surface area contributed by atoms with E-state index in [1.165, 1.54) is 0 Å². The molecule has 0 saturated carbocycles. The van der Waals surface area contributed by atoms with Crippen molar-refractivity contribution in [3.63, 3.8) is 0 Å². The van der Waals surface area contributed by atoms with Gasteiger partial charge in [0.25, 0.3) is 0 Å². The molecule has 20 heavy (non-hydrogen) atoms. The highest BCUT2D eigenvalue weighted by Gasteiger charge is 2.32. The number of anilines is 1. The summed E-state index contributed by atoms with van der Waals surface area (Å²) in [5.41, 5.74) is 3.92. The van der Waals surface area contributed by atoms with Crippen molar-refractivity contribution in [3.05, 3.63) is 39.2 Å². The minimum Gasteiger partial charge on any atom is -0.378 e. The molecular formula is C9H5ClF3N5O2. The Balaban J connectivity index is 2.52. The summed E-state index contributed by atoms with van der Waals surface area (Å²) in [7, 11) is 0. The third-order valence-corrected chi connectivity index (χ3v) is 2.61. The highest BCUT2D eigenvalue weighted by Crippen LogP contribution is 2.33. The van der Waals surface area contributed by atoms with Crippen LogP contribution in [0.3, 0.4) is 0 Å². The molecule has 106 valence electrons. The predicted molar refractivity (Wildman–Crippen MR) is 62.4 cm³/mol. The van der Waals surface area contributed by atoms with Gasteiger partial charge in [0.1, 0.15) is 6.20 Å². The van der Waals surface area contributed by atoms with Gasteiger partial charge in [0.2, 0.25) is 5.82 Å². The number of pyridine rings is 1. The summed E-state index contributed by atoms with van der Waals surface area (Å²) >= 11 is 5.68. The fourth-order valence-corrected chi connectivity index (χ4v) is 1.65. The number of nitrogens with zero attached hydrogens (tertiary/aromatic N) is 4. The van der Waals surface area contributed by atoms with E-state index in [1.54, 1.807) is 0 Å². The van der Waals surface area contributed by atoms with E-state index in [9.17, 15) is 23.3 Å². The molecule has 0 fully saturated rings. The largest absolute Gasteiger partial charge is 0.417 e. The minimum absolute atomic E-state index is 0.231. The molecule has 2 heterocycles. The molecule has 0 unspecified atom stereocenters. The van der Waals surface area contributed by atoms with Crippen molar-refractivity contribution in [1.29, 1.82) is 0 Å². The van der Waals surface area contributed by atoms with Gasteiger partial charge < -0.3 is 5.73 Å². The third-order valence-electron chi connectivity index (χ3n) is 2.33. The lowest BCUT2D eigenvalue weighted by molar-refractivity contribution is -0.383. The zero-order valence-electron chi connectivity index (χ0n) is 9.43. The van der Waals surface area contributed by atoms with Gasteiger partial charge in [-0.15, -0.1) is 0 Å². The summed E-state index contributed by atoms with van der Waals surface area (Å²) < 4.78 is 38.2. The number of hydrogen-bond donors (Lipinski definition) is 1. The fraction of sp³-hybridized carbons (Fsp3) is 0.111. The van der Waals surface area contributed by atoms with Crippen LogP contribution in [0.2, 0.25) is 5.02 Å². The Morgan fingerprint density at radius 2 is 2.05 bits per heavy atom. The molecule has 0 aromatic carbocycles. The molecule has 0 aliphatic carbocycles. The van der Waals surface area contributed by atoms with Crippen molar-refractivity contribution in [3.8, 4) is 5.82 Å². The van der Waals surface area contributed by atoms with E-state index in [1.807, 2.05) is 0 Å². The summed E-state index contributed by atoms with van der Waals surface area (Å²) in [6, 6.07) is 0.636. The highest BCUT2D eigenvalue weighted by molar-refractivity contribution is 6.32. The van der Waals surface area contributed by atoms with Crippen LogP contribution in [0.15, 0.2) is 18.5 Å². The van der Waals surface area contributed by atoms with Crippen LogP contribution in [0.1, 0.15) is 5.56 Å². The van der Waals surface area contributed by atoms with Crippen LogP contribution in [0, 0.1) is 10.1 Å². The van der Waals surface area contributed by atoms with Crippen LogP contribution < -0.4 is 5.73 Å². The Morgan fingerprint density at radius 3 is 2.50 bits per heavy atom. The van der Waals surface area contributed by atoms with Crippen LogP contribution in [0.4, 0.5) is 24.7 Å². The second-order valence-electron chi connectivity index (χ2n) is 3.61. The third kappa shape index (κ3) is 2.37. The maximum atomic E-state index is 12.5. The molecule has 2 rings (SSSR count). The molecule has 2 aromatic rings. The predicted octanol–water partition coefficient (Wildman–Crippen LogP) is 2.43. The lowest BCUT2D eigenvalue weighted by atomic mass is 10.3. The van der Waals surface area contributed by atoms with Gasteiger partial charge in [-0.3, -0.25) is 10.1 Å².